The molecule has 2 N–H and O–H groups in total. The van der Waals surface area contributed by atoms with E-state index in [1.54, 1.807) is 53.8 Å². The van der Waals surface area contributed by atoms with Gasteiger partial charge in [-0.1, -0.05) is 23.2 Å². The molecule has 28 heavy (non-hydrogen) atoms. The van der Waals surface area contributed by atoms with Gasteiger partial charge in [-0.25, -0.2) is 4.79 Å². The third-order valence-corrected chi connectivity index (χ3v) is 4.63. The number of rotatable bonds is 4. The topological polar surface area (TPSA) is 74.7 Å². The SMILES string of the molecule is O=C(O)c1cc(Cl)ccc1Nc1c(N2C=COC=C2)cnc2ccc(Cl)cc12. The summed E-state index contributed by atoms with van der Waals surface area (Å²) < 4.78 is 5.09. The van der Waals surface area contributed by atoms with Crippen LogP contribution in [-0.4, -0.2) is 16.1 Å². The van der Waals surface area contributed by atoms with E-state index in [1.165, 1.54) is 18.6 Å². The Morgan fingerprint density at radius 2 is 1.79 bits per heavy atom. The fraction of sp³-hybridized carbons (Fsp3) is 0. The van der Waals surface area contributed by atoms with Crippen LogP contribution in [0.25, 0.3) is 10.9 Å². The van der Waals surface area contributed by atoms with Gasteiger partial charge < -0.3 is 20.1 Å². The van der Waals surface area contributed by atoms with Crippen molar-refractivity contribution in [3.8, 4) is 0 Å². The van der Waals surface area contributed by atoms with E-state index in [9.17, 15) is 9.90 Å². The standard InChI is InChI=1S/C20H13Cl2N3O3/c21-12-1-3-16-14(9-12)19(18(11-23-16)25-5-7-28-8-6-25)24-17-4-2-13(22)10-15(17)20(26)27/h1-11H,(H,23,24)(H,26,27). The van der Waals surface area contributed by atoms with Gasteiger partial charge in [0.15, 0.2) is 0 Å². The molecular weight excluding hydrogens is 401 g/mol. The van der Waals surface area contributed by atoms with Crippen LogP contribution in [0.1, 0.15) is 10.4 Å². The number of anilines is 3. The molecule has 2 aromatic carbocycles. The molecule has 3 aromatic rings. The summed E-state index contributed by atoms with van der Waals surface area (Å²) in [5, 5.41) is 14.4. The van der Waals surface area contributed by atoms with Crippen LogP contribution in [0, 0.1) is 0 Å². The molecule has 6 nitrogen and oxygen atoms in total. The highest BCUT2D eigenvalue weighted by Gasteiger charge is 2.18. The van der Waals surface area contributed by atoms with Crippen molar-refractivity contribution in [3.63, 3.8) is 0 Å². The zero-order chi connectivity index (χ0) is 19.7. The number of carbonyl (C=O) groups is 1. The first kappa shape index (κ1) is 18.2. The van der Waals surface area contributed by atoms with Crippen LogP contribution in [-0.2, 0) is 4.74 Å². The van der Waals surface area contributed by atoms with Crippen LogP contribution in [0.2, 0.25) is 10.0 Å². The number of aromatic carboxylic acids is 1. The van der Waals surface area contributed by atoms with E-state index in [2.05, 4.69) is 10.3 Å². The van der Waals surface area contributed by atoms with Crippen LogP contribution in [0.15, 0.2) is 67.5 Å². The third-order valence-electron chi connectivity index (χ3n) is 4.16. The summed E-state index contributed by atoms with van der Waals surface area (Å²) in [6, 6.07) is 9.98. The molecule has 0 fully saturated rings. The quantitative estimate of drug-likeness (QED) is 0.565. The minimum absolute atomic E-state index is 0.0542. The number of nitrogens with one attached hydrogen (secondary N) is 1. The maximum atomic E-state index is 11.7. The van der Waals surface area contributed by atoms with Gasteiger partial charge in [-0.3, -0.25) is 4.98 Å². The molecule has 0 bridgehead atoms. The number of nitrogens with zero attached hydrogens (tertiary/aromatic N) is 2. The number of hydrogen-bond acceptors (Lipinski definition) is 5. The van der Waals surface area contributed by atoms with E-state index in [-0.39, 0.29) is 5.56 Å². The van der Waals surface area contributed by atoms with Crippen molar-refractivity contribution < 1.29 is 14.6 Å². The Labute approximate surface area is 170 Å². The third kappa shape index (κ3) is 3.47. The van der Waals surface area contributed by atoms with E-state index in [1.807, 2.05) is 0 Å². The normalized spacial score (nSPS) is 12.9. The predicted molar refractivity (Wildman–Crippen MR) is 110 cm³/mol. The Morgan fingerprint density at radius 1 is 1.07 bits per heavy atom. The van der Waals surface area contributed by atoms with Crippen molar-refractivity contribution >= 4 is 57.1 Å². The molecule has 0 unspecified atom stereocenters. The van der Waals surface area contributed by atoms with Crippen LogP contribution >= 0.6 is 23.2 Å². The lowest BCUT2D eigenvalue weighted by atomic mass is 10.1. The van der Waals surface area contributed by atoms with Gasteiger partial charge in [-0.15, -0.1) is 0 Å². The molecule has 0 aliphatic carbocycles. The van der Waals surface area contributed by atoms with Crippen LogP contribution < -0.4 is 10.2 Å². The summed E-state index contributed by atoms with van der Waals surface area (Å²) >= 11 is 12.2. The molecule has 0 saturated heterocycles. The van der Waals surface area contributed by atoms with E-state index in [4.69, 9.17) is 27.9 Å². The van der Waals surface area contributed by atoms with Gasteiger partial charge in [0, 0.05) is 27.8 Å². The number of benzene rings is 2. The number of carboxylic acid groups (broad SMARTS) is 1. The zero-order valence-electron chi connectivity index (χ0n) is 14.3. The number of halogens is 2. The summed E-state index contributed by atoms with van der Waals surface area (Å²) in [7, 11) is 0. The van der Waals surface area contributed by atoms with E-state index in [0.29, 0.717) is 32.6 Å². The molecule has 0 radical (unpaired) electrons. The molecule has 140 valence electrons. The van der Waals surface area contributed by atoms with Crippen LogP contribution in [0.3, 0.4) is 0 Å². The maximum absolute atomic E-state index is 11.7. The van der Waals surface area contributed by atoms with Gasteiger partial charge in [-0.2, -0.15) is 0 Å². The smallest absolute Gasteiger partial charge is 0.337 e. The molecule has 0 amide bonds. The van der Waals surface area contributed by atoms with Gasteiger partial charge in [0.2, 0.25) is 0 Å². The molecule has 0 atom stereocenters. The number of carboxylic acids is 1. The van der Waals surface area contributed by atoms with Crippen molar-refractivity contribution in [3.05, 3.63) is 83.1 Å². The minimum Gasteiger partial charge on any atom is -0.478 e. The van der Waals surface area contributed by atoms with Gasteiger partial charge in [0.1, 0.15) is 12.5 Å². The molecule has 1 aliphatic heterocycles. The van der Waals surface area contributed by atoms with Crippen molar-refractivity contribution in [2.24, 2.45) is 0 Å². The first-order valence-corrected chi connectivity index (χ1v) is 8.94. The predicted octanol–water partition coefficient (Wildman–Crippen LogP) is 5.76. The summed E-state index contributed by atoms with van der Waals surface area (Å²) in [6.07, 6.45) is 8.18. The highest BCUT2D eigenvalue weighted by Crippen LogP contribution is 2.38. The second kappa shape index (κ2) is 7.42. The number of hydrogen-bond donors (Lipinski definition) is 2. The Hall–Kier alpha value is -3.22. The zero-order valence-corrected chi connectivity index (χ0v) is 15.8. The molecule has 1 aliphatic rings. The molecular formula is C20H13Cl2N3O3. The van der Waals surface area contributed by atoms with Crippen molar-refractivity contribution in [1.29, 1.82) is 0 Å². The molecule has 1 aromatic heterocycles. The highest BCUT2D eigenvalue weighted by atomic mass is 35.5. The number of ether oxygens (including phenoxy) is 1. The average Bonchev–Trinajstić information content (AvgIpc) is 2.70. The largest absolute Gasteiger partial charge is 0.478 e. The Bertz CT molecular complexity index is 1130. The lowest BCUT2D eigenvalue weighted by Crippen LogP contribution is -2.13. The molecule has 8 heteroatoms. The van der Waals surface area contributed by atoms with Gasteiger partial charge >= 0.3 is 5.97 Å². The first-order chi connectivity index (χ1) is 13.5. The lowest BCUT2D eigenvalue weighted by Gasteiger charge is -2.23. The van der Waals surface area contributed by atoms with E-state index in [0.717, 1.165) is 5.39 Å². The Kier molecular flexibility index (Phi) is 4.81. The Balaban J connectivity index is 1.92. The molecule has 2 heterocycles. The van der Waals surface area contributed by atoms with Gasteiger partial charge in [-0.05, 0) is 36.4 Å². The fourth-order valence-electron chi connectivity index (χ4n) is 2.88. The second-order valence-electron chi connectivity index (χ2n) is 5.91. The maximum Gasteiger partial charge on any atom is 0.337 e. The minimum atomic E-state index is -1.09. The van der Waals surface area contributed by atoms with Crippen molar-refractivity contribution in [2.45, 2.75) is 0 Å². The number of aromatic nitrogens is 1. The Morgan fingerprint density at radius 3 is 2.54 bits per heavy atom. The monoisotopic (exact) mass is 413 g/mol. The average molecular weight is 414 g/mol. The van der Waals surface area contributed by atoms with E-state index < -0.39 is 5.97 Å². The summed E-state index contributed by atoms with van der Waals surface area (Å²) in [6.45, 7) is 0. The molecule has 4 rings (SSSR count). The van der Waals surface area contributed by atoms with Crippen molar-refractivity contribution in [2.75, 3.05) is 10.2 Å². The molecule has 0 spiro atoms. The number of fused-ring (bicyclic) bond motifs is 1. The fourth-order valence-corrected chi connectivity index (χ4v) is 3.22. The summed E-state index contributed by atoms with van der Waals surface area (Å²) in [5.41, 5.74) is 2.50. The summed E-state index contributed by atoms with van der Waals surface area (Å²) in [4.78, 5) is 18.0. The van der Waals surface area contributed by atoms with E-state index >= 15 is 0 Å². The number of pyridine rings is 1. The van der Waals surface area contributed by atoms with Crippen LogP contribution in [0.5, 0.6) is 0 Å². The molecule has 0 saturated carbocycles. The first-order valence-electron chi connectivity index (χ1n) is 8.18. The summed E-state index contributed by atoms with van der Waals surface area (Å²) in [5.74, 6) is -1.09. The highest BCUT2D eigenvalue weighted by molar-refractivity contribution is 6.32. The van der Waals surface area contributed by atoms with Crippen LogP contribution in [0.4, 0.5) is 17.1 Å². The lowest BCUT2D eigenvalue weighted by molar-refractivity contribution is 0.0698. The van der Waals surface area contributed by atoms with Gasteiger partial charge in [0.05, 0.1) is 34.3 Å². The second-order valence-corrected chi connectivity index (χ2v) is 6.79. The van der Waals surface area contributed by atoms with Gasteiger partial charge in [0.25, 0.3) is 0 Å². The van der Waals surface area contributed by atoms with Crippen molar-refractivity contribution in [1.82, 2.24) is 4.98 Å².